The highest BCUT2D eigenvalue weighted by atomic mass is 19.1. The first-order valence-electron chi connectivity index (χ1n) is 7.90. The number of carbonyl (C=O) groups excluding carboxylic acids is 1. The Balaban J connectivity index is 1.68. The lowest BCUT2D eigenvalue weighted by Gasteiger charge is -2.36. The third-order valence-electron chi connectivity index (χ3n) is 4.23. The van der Waals surface area contributed by atoms with E-state index >= 15 is 0 Å². The molecule has 1 aromatic heterocycles. The van der Waals surface area contributed by atoms with E-state index in [1.54, 1.807) is 18.9 Å². The Hall–Kier alpha value is -2.63. The number of piperazine rings is 1. The predicted molar refractivity (Wildman–Crippen MR) is 90.0 cm³/mol. The Morgan fingerprint density at radius 1 is 1.12 bits per heavy atom. The molecule has 0 N–H and O–H groups in total. The monoisotopic (exact) mass is 329 g/mol. The van der Waals surface area contributed by atoms with Crippen LogP contribution in [0.15, 0.2) is 36.4 Å². The average molecular weight is 329 g/mol. The lowest BCUT2D eigenvalue weighted by molar-refractivity contribution is 0.0740. The van der Waals surface area contributed by atoms with E-state index in [0.29, 0.717) is 31.9 Å². The maximum atomic E-state index is 13.3. The Morgan fingerprint density at radius 2 is 1.83 bits per heavy atom. The number of ether oxygens (including phenoxy) is 1. The minimum Gasteiger partial charge on any atom is -0.495 e. The Labute approximate surface area is 140 Å². The zero-order valence-electron chi connectivity index (χ0n) is 13.8. The average Bonchev–Trinajstić information content (AvgIpc) is 2.63. The Kier molecular flexibility index (Phi) is 4.64. The molecule has 1 aliphatic heterocycles. The van der Waals surface area contributed by atoms with Crippen LogP contribution < -0.4 is 9.64 Å². The number of amides is 1. The van der Waals surface area contributed by atoms with Crippen LogP contribution in [0, 0.1) is 12.7 Å². The summed E-state index contributed by atoms with van der Waals surface area (Å²) in [6, 6.07) is 10.6. The van der Waals surface area contributed by atoms with Crippen LogP contribution in [0.5, 0.6) is 5.75 Å². The van der Waals surface area contributed by atoms with Gasteiger partial charge in [-0.15, -0.1) is 0 Å². The minimum absolute atomic E-state index is 0.155. The summed E-state index contributed by atoms with van der Waals surface area (Å²) in [6.07, 6.45) is 0. The fourth-order valence-electron chi connectivity index (χ4n) is 2.87. The number of hydrogen-bond donors (Lipinski definition) is 0. The first kappa shape index (κ1) is 16.2. The van der Waals surface area contributed by atoms with Crippen molar-refractivity contribution in [2.75, 3.05) is 38.2 Å². The molecule has 5 nitrogen and oxygen atoms in total. The van der Waals surface area contributed by atoms with Gasteiger partial charge < -0.3 is 14.5 Å². The molecule has 126 valence electrons. The second-order valence-electron chi connectivity index (χ2n) is 5.71. The highest BCUT2D eigenvalue weighted by Crippen LogP contribution is 2.28. The van der Waals surface area contributed by atoms with Gasteiger partial charge in [-0.05, 0) is 31.2 Å². The number of carbonyl (C=O) groups is 1. The first-order valence-corrected chi connectivity index (χ1v) is 7.90. The number of rotatable bonds is 3. The molecule has 1 aliphatic rings. The van der Waals surface area contributed by atoms with Crippen LogP contribution in [0.1, 0.15) is 16.2 Å². The van der Waals surface area contributed by atoms with Crippen LogP contribution in [0.2, 0.25) is 0 Å². The second kappa shape index (κ2) is 6.86. The van der Waals surface area contributed by atoms with Gasteiger partial charge in [-0.25, -0.2) is 9.37 Å². The highest BCUT2D eigenvalue weighted by molar-refractivity contribution is 5.92. The minimum atomic E-state index is -0.396. The van der Waals surface area contributed by atoms with Gasteiger partial charge in [0.2, 0.25) is 0 Å². The Bertz CT molecular complexity index is 743. The fraction of sp³-hybridized carbons (Fsp3) is 0.333. The van der Waals surface area contributed by atoms with Crippen LogP contribution in [0.4, 0.5) is 10.1 Å². The summed E-state index contributed by atoms with van der Waals surface area (Å²) in [4.78, 5) is 20.5. The first-order chi connectivity index (χ1) is 11.6. The number of halogens is 1. The zero-order valence-corrected chi connectivity index (χ0v) is 13.8. The van der Waals surface area contributed by atoms with Crippen molar-refractivity contribution in [2.24, 2.45) is 0 Å². The molecule has 6 heteroatoms. The summed E-state index contributed by atoms with van der Waals surface area (Å²) in [5.74, 6) is 0.276. The molecule has 0 spiro atoms. The number of aromatic nitrogens is 1. The maximum absolute atomic E-state index is 13.3. The lowest BCUT2D eigenvalue weighted by atomic mass is 10.2. The van der Waals surface area contributed by atoms with E-state index in [4.69, 9.17) is 4.74 Å². The quantitative estimate of drug-likeness (QED) is 0.868. The molecule has 0 atom stereocenters. The van der Waals surface area contributed by atoms with Crippen molar-refractivity contribution in [3.63, 3.8) is 0 Å². The normalized spacial score (nSPS) is 14.6. The van der Waals surface area contributed by atoms with Gasteiger partial charge in [0.05, 0.1) is 18.5 Å². The summed E-state index contributed by atoms with van der Waals surface area (Å²) in [7, 11) is 1.65. The summed E-state index contributed by atoms with van der Waals surface area (Å²) < 4.78 is 18.7. The van der Waals surface area contributed by atoms with Crippen LogP contribution >= 0.6 is 0 Å². The third kappa shape index (κ3) is 3.18. The molecule has 0 saturated carbocycles. The van der Waals surface area contributed by atoms with Gasteiger partial charge in [0, 0.05) is 26.2 Å². The van der Waals surface area contributed by atoms with E-state index in [1.165, 1.54) is 12.1 Å². The van der Waals surface area contributed by atoms with E-state index in [2.05, 4.69) is 9.88 Å². The van der Waals surface area contributed by atoms with Crippen LogP contribution in [-0.4, -0.2) is 49.1 Å². The van der Waals surface area contributed by atoms with Gasteiger partial charge in [0.1, 0.15) is 17.3 Å². The number of methoxy groups -OCH3 is 1. The molecule has 0 radical (unpaired) electrons. The van der Waals surface area contributed by atoms with Gasteiger partial charge in [0.15, 0.2) is 0 Å². The van der Waals surface area contributed by atoms with E-state index in [0.717, 1.165) is 11.4 Å². The molecular weight excluding hydrogens is 309 g/mol. The summed E-state index contributed by atoms with van der Waals surface area (Å²) in [5, 5.41) is 0. The van der Waals surface area contributed by atoms with E-state index in [9.17, 15) is 9.18 Å². The highest BCUT2D eigenvalue weighted by Gasteiger charge is 2.24. The van der Waals surface area contributed by atoms with E-state index in [-0.39, 0.29) is 11.6 Å². The van der Waals surface area contributed by atoms with Crippen molar-refractivity contribution < 1.29 is 13.9 Å². The molecule has 0 aliphatic carbocycles. The number of para-hydroxylation sites is 2. The standard InChI is InChI=1S/C18H20FN3O2/c1-13-14(19)7-8-15(20-13)18(23)22-11-9-21(10-12-22)16-5-3-4-6-17(16)24-2/h3-8H,9-12H2,1-2H3. The summed E-state index contributed by atoms with van der Waals surface area (Å²) >= 11 is 0. The van der Waals surface area contributed by atoms with Crippen molar-refractivity contribution in [2.45, 2.75) is 6.92 Å². The van der Waals surface area contributed by atoms with Crippen molar-refractivity contribution >= 4 is 11.6 Å². The summed E-state index contributed by atoms with van der Waals surface area (Å²) in [5.41, 5.74) is 1.57. The summed E-state index contributed by atoms with van der Waals surface area (Å²) in [6.45, 7) is 4.17. The van der Waals surface area contributed by atoms with Gasteiger partial charge in [-0.1, -0.05) is 12.1 Å². The SMILES string of the molecule is COc1ccccc1N1CCN(C(=O)c2ccc(F)c(C)n2)CC1. The number of hydrogen-bond acceptors (Lipinski definition) is 4. The zero-order chi connectivity index (χ0) is 17.1. The molecular formula is C18H20FN3O2. The lowest BCUT2D eigenvalue weighted by Crippen LogP contribution is -2.49. The van der Waals surface area contributed by atoms with Crippen LogP contribution in [0.3, 0.4) is 0 Å². The van der Waals surface area contributed by atoms with Gasteiger partial charge >= 0.3 is 0 Å². The topological polar surface area (TPSA) is 45.7 Å². The van der Waals surface area contributed by atoms with Crippen molar-refractivity contribution in [1.82, 2.24) is 9.88 Å². The van der Waals surface area contributed by atoms with Gasteiger partial charge in [0.25, 0.3) is 5.91 Å². The smallest absolute Gasteiger partial charge is 0.272 e. The number of anilines is 1. The molecule has 1 fully saturated rings. The number of aryl methyl sites for hydroxylation is 1. The molecule has 2 heterocycles. The predicted octanol–water partition coefficient (Wildman–Crippen LogP) is 2.50. The molecule has 24 heavy (non-hydrogen) atoms. The number of pyridine rings is 1. The Morgan fingerprint density at radius 3 is 2.50 bits per heavy atom. The molecule has 1 amide bonds. The van der Waals surface area contributed by atoms with E-state index in [1.807, 2.05) is 24.3 Å². The van der Waals surface area contributed by atoms with Crippen molar-refractivity contribution in [3.8, 4) is 5.75 Å². The number of benzene rings is 1. The van der Waals surface area contributed by atoms with Crippen LogP contribution in [-0.2, 0) is 0 Å². The largest absolute Gasteiger partial charge is 0.495 e. The molecule has 3 rings (SSSR count). The van der Waals surface area contributed by atoms with Gasteiger partial charge in [-0.2, -0.15) is 0 Å². The van der Waals surface area contributed by atoms with E-state index < -0.39 is 5.82 Å². The molecule has 0 unspecified atom stereocenters. The van der Waals surface area contributed by atoms with Crippen LogP contribution in [0.25, 0.3) is 0 Å². The van der Waals surface area contributed by atoms with Crippen molar-refractivity contribution in [3.05, 3.63) is 53.6 Å². The maximum Gasteiger partial charge on any atom is 0.272 e. The van der Waals surface area contributed by atoms with Crippen molar-refractivity contribution in [1.29, 1.82) is 0 Å². The molecule has 1 saturated heterocycles. The molecule has 2 aromatic rings. The molecule has 1 aromatic carbocycles. The second-order valence-corrected chi connectivity index (χ2v) is 5.71. The third-order valence-corrected chi connectivity index (χ3v) is 4.23. The fourth-order valence-corrected chi connectivity index (χ4v) is 2.87. The number of nitrogens with zero attached hydrogens (tertiary/aromatic N) is 3. The molecule has 0 bridgehead atoms. The van der Waals surface area contributed by atoms with Gasteiger partial charge in [-0.3, -0.25) is 4.79 Å².